The van der Waals surface area contributed by atoms with Crippen LogP contribution >= 0.6 is 0 Å². The van der Waals surface area contributed by atoms with Gasteiger partial charge in [0.25, 0.3) is 5.91 Å². The predicted octanol–water partition coefficient (Wildman–Crippen LogP) is 0.814. The Labute approximate surface area is 123 Å². The Bertz CT molecular complexity index is 484. The highest BCUT2D eigenvalue weighted by molar-refractivity contribution is 5.94. The van der Waals surface area contributed by atoms with Gasteiger partial charge in [-0.05, 0) is 43.7 Å². The van der Waals surface area contributed by atoms with E-state index < -0.39 is 0 Å². The summed E-state index contributed by atoms with van der Waals surface area (Å²) in [6.07, 6.45) is 3.03. The molecule has 1 unspecified atom stereocenters. The summed E-state index contributed by atoms with van der Waals surface area (Å²) in [6.45, 7) is 1.60. The molecule has 0 aromatic heterocycles. The fourth-order valence-electron chi connectivity index (χ4n) is 2.26. The van der Waals surface area contributed by atoms with Crippen LogP contribution in [0.5, 0.6) is 0 Å². The van der Waals surface area contributed by atoms with Crippen LogP contribution in [0.2, 0.25) is 0 Å². The molecule has 0 aliphatic carbocycles. The van der Waals surface area contributed by atoms with Crippen molar-refractivity contribution in [2.45, 2.75) is 25.3 Å². The van der Waals surface area contributed by atoms with E-state index in [1.807, 2.05) is 0 Å². The summed E-state index contributed by atoms with van der Waals surface area (Å²) < 4.78 is 12.7. The minimum atomic E-state index is -0.376. The quantitative estimate of drug-likeness (QED) is 0.704. The van der Waals surface area contributed by atoms with E-state index in [9.17, 15) is 14.0 Å². The number of amides is 2. The number of hydrogen-bond donors (Lipinski definition) is 3. The molecule has 1 aliphatic heterocycles. The number of carbonyl (C=O) groups excluding carboxylic acids is 2. The molecule has 3 N–H and O–H groups in total. The van der Waals surface area contributed by atoms with Crippen LogP contribution in [0.4, 0.5) is 4.39 Å². The van der Waals surface area contributed by atoms with Gasteiger partial charge in [-0.2, -0.15) is 0 Å². The van der Waals surface area contributed by atoms with Crippen molar-refractivity contribution < 1.29 is 14.0 Å². The summed E-state index contributed by atoms with van der Waals surface area (Å²) in [5, 5.41) is 8.64. The van der Waals surface area contributed by atoms with Crippen molar-refractivity contribution in [3.63, 3.8) is 0 Å². The number of benzene rings is 1. The average molecular weight is 293 g/mol. The third-order valence-electron chi connectivity index (χ3n) is 3.44. The van der Waals surface area contributed by atoms with E-state index in [0.29, 0.717) is 18.7 Å². The van der Waals surface area contributed by atoms with Gasteiger partial charge in [0.1, 0.15) is 5.82 Å². The third-order valence-corrected chi connectivity index (χ3v) is 3.44. The molecule has 1 aromatic rings. The third kappa shape index (κ3) is 4.82. The Balaban J connectivity index is 1.66. The molecule has 21 heavy (non-hydrogen) atoms. The molecule has 0 saturated carbocycles. The van der Waals surface area contributed by atoms with E-state index >= 15 is 0 Å². The summed E-state index contributed by atoms with van der Waals surface area (Å²) >= 11 is 0. The van der Waals surface area contributed by atoms with Crippen molar-refractivity contribution in [1.82, 2.24) is 16.0 Å². The molecular formula is C15H20FN3O2. The number of nitrogens with one attached hydrogen (secondary N) is 3. The SMILES string of the molecule is O=C(NCCNC(=O)C1CCCCN1)c1ccc(F)cc1. The Hall–Kier alpha value is -1.95. The van der Waals surface area contributed by atoms with Crippen LogP contribution in [-0.2, 0) is 4.79 Å². The van der Waals surface area contributed by atoms with Crippen molar-refractivity contribution in [1.29, 1.82) is 0 Å². The zero-order valence-electron chi connectivity index (χ0n) is 11.8. The van der Waals surface area contributed by atoms with Gasteiger partial charge in [-0.15, -0.1) is 0 Å². The molecular weight excluding hydrogens is 273 g/mol. The molecule has 114 valence electrons. The molecule has 6 heteroatoms. The molecule has 1 aromatic carbocycles. The smallest absolute Gasteiger partial charge is 0.251 e. The Kier molecular flexibility index (Phi) is 5.68. The summed E-state index contributed by atoms with van der Waals surface area (Å²) in [4.78, 5) is 23.6. The largest absolute Gasteiger partial charge is 0.353 e. The summed E-state index contributed by atoms with van der Waals surface area (Å²) in [5.74, 6) is -0.676. The van der Waals surface area contributed by atoms with Crippen molar-refractivity contribution in [3.05, 3.63) is 35.6 Å². The maximum atomic E-state index is 12.7. The minimum absolute atomic E-state index is 0.0225. The van der Waals surface area contributed by atoms with Crippen LogP contribution in [0.25, 0.3) is 0 Å². The topological polar surface area (TPSA) is 70.2 Å². The van der Waals surface area contributed by atoms with Gasteiger partial charge in [-0.1, -0.05) is 6.42 Å². The molecule has 1 fully saturated rings. The number of rotatable bonds is 5. The summed E-state index contributed by atoms with van der Waals surface area (Å²) in [7, 11) is 0. The molecule has 0 radical (unpaired) electrons. The van der Waals surface area contributed by atoms with Gasteiger partial charge in [0.2, 0.25) is 5.91 Å². The van der Waals surface area contributed by atoms with Gasteiger partial charge in [-0.25, -0.2) is 4.39 Å². The van der Waals surface area contributed by atoms with Crippen LogP contribution in [-0.4, -0.2) is 37.5 Å². The van der Waals surface area contributed by atoms with Gasteiger partial charge in [0, 0.05) is 18.7 Å². The van der Waals surface area contributed by atoms with Gasteiger partial charge in [0.05, 0.1) is 6.04 Å². The van der Waals surface area contributed by atoms with E-state index in [1.54, 1.807) is 0 Å². The number of halogens is 1. The first kappa shape index (κ1) is 15.4. The molecule has 0 spiro atoms. The van der Waals surface area contributed by atoms with Crippen LogP contribution < -0.4 is 16.0 Å². The van der Waals surface area contributed by atoms with Crippen molar-refractivity contribution in [2.75, 3.05) is 19.6 Å². The van der Waals surface area contributed by atoms with Crippen LogP contribution in [0.15, 0.2) is 24.3 Å². The minimum Gasteiger partial charge on any atom is -0.353 e. The number of hydrogen-bond acceptors (Lipinski definition) is 3. The second kappa shape index (κ2) is 7.73. The van der Waals surface area contributed by atoms with E-state index in [2.05, 4.69) is 16.0 Å². The first-order chi connectivity index (χ1) is 10.2. The lowest BCUT2D eigenvalue weighted by atomic mass is 10.0. The molecule has 5 nitrogen and oxygen atoms in total. The van der Waals surface area contributed by atoms with Crippen LogP contribution in [0.1, 0.15) is 29.6 Å². The van der Waals surface area contributed by atoms with Gasteiger partial charge in [0.15, 0.2) is 0 Å². The second-order valence-electron chi connectivity index (χ2n) is 5.06. The van der Waals surface area contributed by atoms with E-state index in [1.165, 1.54) is 24.3 Å². The maximum absolute atomic E-state index is 12.7. The highest BCUT2D eigenvalue weighted by Gasteiger charge is 2.19. The number of carbonyl (C=O) groups is 2. The second-order valence-corrected chi connectivity index (χ2v) is 5.06. The molecule has 2 amide bonds. The molecule has 0 bridgehead atoms. The molecule has 1 aliphatic rings. The first-order valence-corrected chi connectivity index (χ1v) is 7.21. The normalized spacial score (nSPS) is 18.0. The fourth-order valence-corrected chi connectivity index (χ4v) is 2.26. The zero-order valence-corrected chi connectivity index (χ0v) is 11.8. The van der Waals surface area contributed by atoms with Crippen molar-refractivity contribution >= 4 is 11.8 Å². The Morgan fingerprint density at radius 3 is 2.52 bits per heavy atom. The molecule has 2 rings (SSSR count). The lowest BCUT2D eigenvalue weighted by molar-refractivity contribution is -0.123. The van der Waals surface area contributed by atoms with Crippen molar-refractivity contribution in [3.8, 4) is 0 Å². The fraction of sp³-hybridized carbons (Fsp3) is 0.467. The number of piperidine rings is 1. The average Bonchev–Trinajstić information content (AvgIpc) is 2.52. The highest BCUT2D eigenvalue weighted by atomic mass is 19.1. The first-order valence-electron chi connectivity index (χ1n) is 7.21. The standard InChI is InChI=1S/C15H20FN3O2/c16-12-6-4-11(5-7-12)14(20)18-9-10-19-15(21)13-3-1-2-8-17-13/h4-7,13,17H,1-3,8-10H2,(H,18,20)(H,19,21). The van der Waals surface area contributed by atoms with Crippen molar-refractivity contribution in [2.24, 2.45) is 0 Å². The van der Waals surface area contributed by atoms with Gasteiger partial charge in [-0.3, -0.25) is 9.59 Å². The molecule has 1 saturated heterocycles. The zero-order chi connectivity index (χ0) is 15.1. The molecule has 1 atom stereocenters. The van der Waals surface area contributed by atoms with E-state index in [0.717, 1.165) is 25.8 Å². The Morgan fingerprint density at radius 1 is 1.14 bits per heavy atom. The molecule has 1 heterocycles. The Morgan fingerprint density at radius 2 is 1.86 bits per heavy atom. The van der Waals surface area contributed by atoms with Gasteiger partial charge >= 0.3 is 0 Å². The lowest BCUT2D eigenvalue weighted by Gasteiger charge is -2.22. The monoisotopic (exact) mass is 293 g/mol. The van der Waals surface area contributed by atoms with E-state index in [-0.39, 0.29) is 23.7 Å². The summed E-state index contributed by atoms with van der Waals surface area (Å²) in [5.41, 5.74) is 0.400. The summed E-state index contributed by atoms with van der Waals surface area (Å²) in [6, 6.07) is 5.22. The maximum Gasteiger partial charge on any atom is 0.251 e. The van der Waals surface area contributed by atoms with Gasteiger partial charge < -0.3 is 16.0 Å². The van der Waals surface area contributed by atoms with E-state index in [4.69, 9.17) is 0 Å². The highest BCUT2D eigenvalue weighted by Crippen LogP contribution is 2.06. The lowest BCUT2D eigenvalue weighted by Crippen LogP contribution is -2.48. The van der Waals surface area contributed by atoms with Crippen LogP contribution in [0, 0.1) is 5.82 Å². The van der Waals surface area contributed by atoms with Crippen LogP contribution in [0.3, 0.4) is 0 Å². The predicted molar refractivity (Wildman–Crippen MR) is 77.4 cm³/mol.